The molecule has 2 unspecified atom stereocenters. The average molecular weight is 722 g/mol. The summed E-state index contributed by atoms with van der Waals surface area (Å²) in [5, 5.41) is 5.74. The van der Waals surface area contributed by atoms with E-state index in [1.165, 1.54) is 0 Å². The highest BCUT2D eigenvalue weighted by Gasteiger charge is 2.43. The summed E-state index contributed by atoms with van der Waals surface area (Å²) in [5.74, 6) is -0.895. The quantitative estimate of drug-likeness (QED) is 0.155. The number of amides is 3. The second kappa shape index (κ2) is 21.9. The molecular weight excluding hydrogens is 661 g/mol. The number of methoxy groups -OCH3 is 2. The number of nitrogens with zero attached hydrogens (tertiary/aromatic N) is 1. The van der Waals surface area contributed by atoms with Gasteiger partial charge in [-0.05, 0) is 76.8 Å². The zero-order valence-electron chi connectivity index (χ0n) is 31.3. The minimum absolute atomic E-state index is 0.0384. The van der Waals surface area contributed by atoms with Gasteiger partial charge in [0.05, 0.1) is 27.4 Å². The van der Waals surface area contributed by atoms with Crippen LogP contribution in [-0.2, 0) is 39.3 Å². The van der Waals surface area contributed by atoms with Crippen LogP contribution in [0.3, 0.4) is 0 Å². The Bertz CT molecular complexity index is 1330. The van der Waals surface area contributed by atoms with Crippen LogP contribution in [-0.4, -0.2) is 74.7 Å². The maximum absolute atomic E-state index is 14.2. The molecule has 282 valence electrons. The third-order valence-electron chi connectivity index (χ3n) is 8.74. The fourth-order valence-electron chi connectivity index (χ4n) is 6.18. The van der Waals surface area contributed by atoms with Crippen LogP contribution < -0.4 is 20.1 Å². The average Bonchev–Trinajstić information content (AvgIpc) is 3.08. The molecule has 0 fully saturated rings. The van der Waals surface area contributed by atoms with E-state index >= 15 is 0 Å². The lowest BCUT2D eigenvalue weighted by Crippen LogP contribution is -2.53. The van der Waals surface area contributed by atoms with Crippen LogP contribution in [0.25, 0.3) is 0 Å². The largest absolute Gasteiger partial charge is 0.497 e. The van der Waals surface area contributed by atoms with E-state index in [0.717, 1.165) is 31.2 Å². The van der Waals surface area contributed by atoms with Gasteiger partial charge in [-0.1, -0.05) is 45.8 Å². The number of hydrogen-bond acceptors (Lipinski definition) is 9. The molecule has 0 saturated carbocycles. The second-order valence-electron chi connectivity index (χ2n) is 13.2. The summed E-state index contributed by atoms with van der Waals surface area (Å²) in [6, 6.07) is 3.00. The first-order chi connectivity index (χ1) is 23.8. The molecule has 0 aromatic heterocycles. The minimum Gasteiger partial charge on any atom is -0.497 e. The minimum atomic E-state index is -4.36. The summed E-state index contributed by atoms with van der Waals surface area (Å²) in [5.41, 5.74) is -0.185. The number of hydrogen-bond donors (Lipinski definition) is 2. The zero-order valence-corrected chi connectivity index (χ0v) is 32.2. The predicted molar refractivity (Wildman–Crippen MR) is 194 cm³/mol. The molecule has 1 aromatic rings. The lowest BCUT2D eigenvalue weighted by molar-refractivity contribution is -0.136. The van der Waals surface area contributed by atoms with Crippen LogP contribution in [0.4, 0.5) is 0 Å². The molecule has 3 amide bonds. The number of ether oxygens (including phenoxy) is 2. The predicted octanol–water partition coefficient (Wildman–Crippen LogP) is 6.41. The molecule has 1 heterocycles. The molecule has 1 aromatic carbocycles. The Morgan fingerprint density at radius 3 is 2.28 bits per heavy atom. The number of benzene rings is 1. The van der Waals surface area contributed by atoms with Crippen molar-refractivity contribution in [3.63, 3.8) is 0 Å². The van der Waals surface area contributed by atoms with Gasteiger partial charge in [0.15, 0.2) is 0 Å². The molecule has 1 aliphatic rings. The molecule has 0 bridgehead atoms. The summed E-state index contributed by atoms with van der Waals surface area (Å²) in [6.07, 6.45) is 9.05. The summed E-state index contributed by atoms with van der Waals surface area (Å²) in [4.78, 5) is 57.3. The first-order valence-corrected chi connectivity index (χ1v) is 19.5. The maximum atomic E-state index is 14.2. The van der Waals surface area contributed by atoms with E-state index in [1.807, 2.05) is 39.0 Å². The molecule has 2 N–H and O–H groups in total. The molecule has 50 heavy (non-hydrogen) atoms. The lowest BCUT2D eigenvalue weighted by atomic mass is 9.92. The van der Waals surface area contributed by atoms with Crippen LogP contribution >= 0.6 is 7.60 Å². The van der Waals surface area contributed by atoms with Gasteiger partial charge in [0, 0.05) is 37.1 Å². The fraction of sp³-hybridized carbons (Fsp3) is 0.676. The normalized spacial score (nSPS) is 21.9. The Hall–Kier alpha value is -3.21. The van der Waals surface area contributed by atoms with Crippen molar-refractivity contribution >= 4 is 30.8 Å². The number of nitrogens with one attached hydrogen (secondary N) is 2. The molecule has 2 rings (SSSR count). The van der Waals surface area contributed by atoms with E-state index in [2.05, 4.69) is 10.6 Å². The smallest absolute Gasteiger partial charge is 0.398 e. The van der Waals surface area contributed by atoms with Gasteiger partial charge < -0.3 is 34.1 Å². The molecule has 0 spiro atoms. The van der Waals surface area contributed by atoms with Gasteiger partial charge in [-0.15, -0.1) is 0 Å². The van der Waals surface area contributed by atoms with Gasteiger partial charge in [0.1, 0.15) is 23.6 Å². The van der Waals surface area contributed by atoms with Gasteiger partial charge in [-0.3, -0.25) is 23.7 Å². The highest BCUT2D eigenvalue weighted by Crippen LogP contribution is 2.50. The molecule has 4 atom stereocenters. The molecule has 13 heteroatoms. The van der Waals surface area contributed by atoms with Crippen LogP contribution in [0.2, 0.25) is 0 Å². The summed E-state index contributed by atoms with van der Waals surface area (Å²) in [7, 11) is 0.407. The van der Waals surface area contributed by atoms with Gasteiger partial charge in [0.2, 0.25) is 17.7 Å². The Balaban J connectivity index is 2.59. The van der Waals surface area contributed by atoms with E-state index in [0.29, 0.717) is 30.8 Å². The monoisotopic (exact) mass is 721 g/mol. The van der Waals surface area contributed by atoms with E-state index < -0.39 is 37.0 Å². The lowest BCUT2D eigenvalue weighted by Gasteiger charge is -2.30. The third kappa shape index (κ3) is 13.2. The standard InChI is InChI=1S/C37H60N3O9P/c1-9-17-27-18-15-13-12-14-16-19-28(36(43)40(6)25-29-20-21-30(46-7)24-33(29)47-8)23-32(37(44)50(45,48-10-2)49-11-3)39-35(42)31(22-26(4)5)38-34(27)41/h14,16,20-21,24,26-28,31-32H,9-13,15,17-19,22-23,25H2,1-8H3,(H,38,41)(H,39,42)/b16-14+/t27?,28?,31-,32-/m0/s1. The zero-order chi connectivity index (χ0) is 37.3. The molecule has 0 radical (unpaired) electrons. The molecule has 0 saturated heterocycles. The number of rotatable bonds is 15. The van der Waals surface area contributed by atoms with Gasteiger partial charge >= 0.3 is 7.60 Å². The van der Waals surface area contributed by atoms with Crippen molar-refractivity contribution in [3.05, 3.63) is 35.9 Å². The van der Waals surface area contributed by atoms with Crippen molar-refractivity contribution in [2.75, 3.05) is 34.5 Å². The van der Waals surface area contributed by atoms with Crippen LogP contribution in [0.15, 0.2) is 30.4 Å². The van der Waals surface area contributed by atoms with Crippen molar-refractivity contribution in [1.82, 2.24) is 15.5 Å². The van der Waals surface area contributed by atoms with Crippen LogP contribution in [0.1, 0.15) is 98.0 Å². The molecule has 1 aliphatic heterocycles. The maximum Gasteiger partial charge on any atom is 0.398 e. The molecule has 12 nitrogen and oxygen atoms in total. The Morgan fingerprint density at radius 2 is 1.68 bits per heavy atom. The van der Waals surface area contributed by atoms with Crippen LogP contribution in [0.5, 0.6) is 11.5 Å². The highest BCUT2D eigenvalue weighted by atomic mass is 31.2. The van der Waals surface area contributed by atoms with Gasteiger partial charge in [-0.25, -0.2) is 0 Å². The van der Waals surface area contributed by atoms with Crippen molar-refractivity contribution < 1.29 is 42.3 Å². The Kier molecular flexibility index (Phi) is 18.8. The van der Waals surface area contributed by atoms with Crippen molar-refractivity contribution in [2.24, 2.45) is 17.8 Å². The van der Waals surface area contributed by atoms with Crippen molar-refractivity contribution in [2.45, 2.75) is 111 Å². The summed E-state index contributed by atoms with van der Waals surface area (Å²) < 4.78 is 35.5. The van der Waals surface area contributed by atoms with Crippen molar-refractivity contribution in [1.29, 1.82) is 0 Å². The van der Waals surface area contributed by atoms with E-state index in [4.69, 9.17) is 18.5 Å². The van der Waals surface area contributed by atoms with E-state index in [-0.39, 0.29) is 56.3 Å². The highest BCUT2D eigenvalue weighted by molar-refractivity contribution is 7.72. The number of allylic oxidation sites excluding steroid dienone is 2. The molecule has 0 aliphatic carbocycles. The third-order valence-corrected chi connectivity index (χ3v) is 10.8. The van der Waals surface area contributed by atoms with E-state index in [9.17, 15) is 23.7 Å². The number of carbonyl (C=O) groups excluding carboxylic acids is 4. The summed E-state index contributed by atoms with van der Waals surface area (Å²) in [6.45, 7) is 9.18. The first-order valence-electron chi connectivity index (χ1n) is 18.0. The number of carbonyl (C=O) groups is 4. The van der Waals surface area contributed by atoms with Gasteiger partial charge in [0.25, 0.3) is 5.52 Å². The topological polar surface area (TPSA) is 150 Å². The van der Waals surface area contributed by atoms with Crippen LogP contribution in [0, 0.1) is 17.8 Å². The SMILES string of the molecule is CCCC1CCCC/C=C/CC(C(=O)N(C)Cc2ccc(OC)cc2OC)C[C@@H](C(=O)P(=O)(OCC)OCC)NC(=O)[C@H](CC(C)C)NC1=O. The Labute approximate surface area is 298 Å². The first kappa shape index (κ1) is 43.0. The fourth-order valence-corrected chi connectivity index (χ4v) is 7.74. The second-order valence-corrected chi connectivity index (χ2v) is 15.2. The van der Waals surface area contributed by atoms with Crippen molar-refractivity contribution in [3.8, 4) is 11.5 Å². The Morgan fingerprint density at radius 1 is 0.980 bits per heavy atom. The summed E-state index contributed by atoms with van der Waals surface area (Å²) >= 11 is 0. The molecular formula is C37H60N3O9P. The van der Waals surface area contributed by atoms with Gasteiger partial charge in [-0.2, -0.15) is 0 Å². The van der Waals surface area contributed by atoms with E-state index in [1.54, 1.807) is 52.1 Å².